The van der Waals surface area contributed by atoms with Gasteiger partial charge in [0.2, 0.25) is 0 Å². The molecule has 0 aliphatic carbocycles. The van der Waals surface area contributed by atoms with Crippen LogP contribution in [0.4, 0.5) is 16.2 Å². The highest BCUT2D eigenvalue weighted by Gasteiger charge is 2.16. The van der Waals surface area contributed by atoms with Crippen molar-refractivity contribution in [2.24, 2.45) is 0 Å². The van der Waals surface area contributed by atoms with Gasteiger partial charge in [-0.05, 0) is 59.1 Å². The fourth-order valence-corrected chi connectivity index (χ4v) is 3.12. The summed E-state index contributed by atoms with van der Waals surface area (Å²) in [5, 5.41) is 8.38. The Morgan fingerprint density at radius 1 is 1.22 bits per heavy atom. The molecule has 0 spiro atoms. The molecule has 1 unspecified atom stereocenters. The first-order valence-corrected chi connectivity index (χ1v) is 9.57. The molecular formula is C18H18BrClN4O3. The lowest BCUT2D eigenvalue weighted by atomic mass is 10.2. The van der Waals surface area contributed by atoms with Gasteiger partial charge in [-0.2, -0.15) is 0 Å². The first-order chi connectivity index (χ1) is 13.0. The van der Waals surface area contributed by atoms with E-state index < -0.39 is 0 Å². The Morgan fingerprint density at radius 3 is 2.59 bits per heavy atom. The van der Waals surface area contributed by atoms with E-state index in [0.29, 0.717) is 22.4 Å². The van der Waals surface area contributed by atoms with Gasteiger partial charge in [0.25, 0.3) is 5.91 Å². The van der Waals surface area contributed by atoms with Gasteiger partial charge in [-0.15, -0.1) is 0 Å². The first kappa shape index (κ1) is 19.6. The molecule has 0 saturated carbocycles. The first-order valence-electron chi connectivity index (χ1n) is 8.40. The summed E-state index contributed by atoms with van der Waals surface area (Å²) in [6.07, 6.45) is 3.60. The van der Waals surface area contributed by atoms with Crippen LogP contribution in [0.15, 0.2) is 41.0 Å². The summed E-state index contributed by atoms with van der Waals surface area (Å²) in [6, 6.07) is 8.07. The number of rotatable bonds is 5. The Morgan fingerprint density at radius 2 is 1.93 bits per heavy atom. The summed E-state index contributed by atoms with van der Waals surface area (Å²) < 4.78 is 6.12. The smallest absolute Gasteiger partial charge is 0.319 e. The number of ether oxygens (including phenoxy) is 1. The molecule has 1 aromatic heterocycles. The molecule has 9 heteroatoms. The van der Waals surface area contributed by atoms with E-state index in [9.17, 15) is 9.59 Å². The molecule has 1 aliphatic rings. The second-order valence-electron chi connectivity index (χ2n) is 5.99. The van der Waals surface area contributed by atoms with E-state index in [1.54, 1.807) is 30.3 Å². The van der Waals surface area contributed by atoms with Crippen molar-refractivity contribution in [3.63, 3.8) is 0 Å². The standard InChI is InChI=1S/C18H18BrClN4O3/c19-11-8-15(16(20)21-9-11)17(25)23-12-3-5-13(6-4-12)24-18(26)22-10-14-2-1-7-27-14/h3-6,8-9,14H,1-2,7,10H2,(H,23,25)(H2,22,24,26). The maximum Gasteiger partial charge on any atom is 0.319 e. The van der Waals surface area contributed by atoms with Gasteiger partial charge in [0.15, 0.2) is 0 Å². The highest BCUT2D eigenvalue weighted by Crippen LogP contribution is 2.20. The van der Waals surface area contributed by atoms with E-state index in [2.05, 4.69) is 36.9 Å². The van der Waals surface area contributed by atoms with Crippen LogP contribution in [0.5, 0.6) is 0 Å². The van der Waals surface area contributed by atoms with Crippen LogP contribution in [0.3, 0.4) is 0 Å². The summed E-state index contributed by atoms with van der Waals surface area (Å²) in [4.78, 5) is 28.2. The van der Waals surface area contributed by atoms with E-state index in [1.165, 1.54) is 6.20 Å². The second-order valence-corrected chi connectivity index (χ2v) is 7.27. The minimum atomic E-state index is -0.371. The molecule has 1 fully saturated rings. The second kappa shape index (κ2) is 9.16. The number of carbonyl (C=O) groups excluding carboxylic acids is 2. The summed E-state index contributed by atoms with van der Waals surface area (Å²) >= 11 is 9.22. The molecule has 2 aromatic rings. The van der Waals surface area contributed by atoms with Crippen LogP contribution in [-0.4, -0.2) is 36.2 Å². The largest absolute Gasteiger partial charge is 0.376 e. The third-order valence-electron chi connectivity index (χ3n) is 3.97. The lowest BCUT2D eigenvalue weighted by molar-refractivity contribution is 0.102. The van der Waals surface area contributed by atoms with Gasteiger partial charge < -0.3 is 20.7 Å². The number of halogens is 2. The van der Waals surface area contributed by atoms with Crippen LogP contribution in [-0.2, 0) is 4.74 Å². The van der Waals surface area contributed by atoms with Gasteiger partial charge in [-0.25, -0.2) is 9.78 Å². The average Bonchev–Trinajstić information content (AvgIpc) is 3.17. The van der Waals surface area contributed by atoms with E-state index in [4.69, 9.17) is 16.3 Å². The number of urea groups is 1. The number of nitrogens with zero attached hydrogens (tertiary/aromatic N) is 1. The molecular weight excluding hydrogens is 436 g/mol. The molecule has 1 aromatic carbocycles. The zero-order chi connectivity index (χ0) is 19.2. The van der Waals surface area contributed by atoms with Gasteiger partial charge in [-0.1, -0.05) is 11.6 Å². The van der Waals surface area contributed by atoms with Crippen molar-refractivity contribution >= 4 is 50.8 Å². The number of hydrogen-bond acceptors (Lipinski definition) is 4. The lowest BCUT2D eigenvalue weighted by Gasteiger charge is -2.12. The van der Waals surface area contributed by atoms with Crippen LogP contribution in [0.2, 0.25) is 5.15 Å². The topological polar surface area (TPSA) is 92.4 Å². The van der Waals surface area contributed by atoms with Crippen LogP contribution in [0, 0.1) is 0 Å². The van der Waals surface area contributed by atoms with Crippen molar-refractivity contribution in [2.45, 2.75) is 18.9 Å². The number of pyridine rings is 1. The number of hydrogen-bond donors (Lipinski definition) is 3. The van der Waals surface area contributed by atoms with Crippen LogP contribution >= 0.6 is 27.5 Å². The molecule has 3 amide bonds. The van der Waals surface area contributed by atoms with Gasteiger partial charge >= 0.3 is 6.03 Å². The van der Waals surface area contributed by atoms with E-state index in [0.717, 1.165) is 19.4 Å². The van der Waals surface area contributed by atoms with Crippen LogP contribution in [0.25, 0.3) is 0 Å². The van der Waals surface area contributed by atoms with Gasteiger partial charge in [0, 0.05) is 35.2 Å². The Balaban J connectivity index is 1.52. The summed E-state index contributed by atoms with van der Waals surface area (Å²) in [6.45, 7) is 1.24. The molecule has 0 bridgehead atoms. The lowest BCUT2D eigenvalue weighted by Crippen LogP contribution is -2.35. The molecule has 27 heavy (non-hydrogen) atoms. The molecule has 1 aliphatic heterocycles. The Hall–Kier alpha value is -2.16. The quantitative estimate of drug-likeness (QED) is 0.596. The maximum absolute atomic E-state index is 12.3. The average molecular weight is 454 g/mol. The molecule has 3 rings (SSSR count). The third-order valence-corrected chi connectivity index (χ3v) is 4.70. The predicted molar refractivity (Wildman–Crippen MR) is 107 cm³/mol. The van der Waals surface area contributed by atoms with Crippen molar-refractivity contribution in [2.75, 3.05) is 23.8 Å². The minimum absolute atomic E-state index is 0.0904. The Kier molecular flexibility index (Phi) is 6.65. The molecule has 2 heterocycles. The van der Waals surface area contributed by atoms with Gasteiger partial charge in [0.05, 0.1) is 11.7 Å². The molecule has 1 atom stereocenters. The van der Waals surface area contributed by atoms with E-state index in [1.807, 2.05) is 0 Å². The summed E-state index contributed by atoms with van der Waals surface area (Å²) in [5.74, 6) is -0.371. The number of aromatic nitrogens is 1. The van der Waals surface area contributed by atoms with Crippen molar-refractivity contribution < 1.29 is 14.3 Å². The third kappa shape index (κ3) is 5.66. The number of carbonyl (C=O) groups is 2. The molecule has 0 radical (unpaired) electrons. The number of nitrogens with one attached hydrogen (secondary N) is 3. The highest BCUT2D eigenvalue weighted by molar-refractivity contribution is 9.10. The normalized spacial score (nSPS) is 16.0. The van der Waals surface area contributed by atoms with Crippen LogP contribution in [0.1, 0.15) is 23.2 Å². The van der Waals surface area contributed by atoms with Crippen molar-refractivity contribution in [3.8, 4) is 0 Å². The molecule has 7 nitrogen and oxygen atoms in total. The van der Waals surface area contributed by atoms with Crippen molar-refractivity contribution in [1.29, 1.82) is 0 Å². The SMILES string of the molecule is O=C(NCC1CCCO1)Nc1ccc(NC(=O)c2cc(Br)cnc2Cl)cc1. The van der Waals surface area contributed by atoms with E-state index in [-0.39, 0.29) is 28.8 Å². The molecule has 1 saturated heterocycles. The van der Waals surface area contributed by atoms with Gasteiger partial charge in [-0.3, -0.25) is 4.79 Å². The van der Waals surface area contributed by atoms with Crippen LogP contribution < -0.4 is 16.0 Å². The van der Waals surface area contributed by atoms with Crippen molar-refractivity contribution in [1.82, 2.24) is 10.3 Å². The number of benzene rings is 1. The van der Waals surface area contributed by atoms with Gasteiger partial charge in [0.1, 0.15) is 5.15 Å². The zero-order valence-corrected chi connectivity index (χ0v) is 16.6. The summed E-state index contributed by atoms with van der Waals surface area (Å²) in [5.41, 5.74) is 1.45. The number of anilines is 2. The Bertz CT molecular complexity index is 826. The Labute approximate surface area is 170 Å². The molecule has 3 N–H and O–H groups in total. The fourth-order valence-electron chi connectivity index (χ4n) is 2.60. The minimum Gasteiger partial charge on any atom is -0.376 e. The maximum atomic E-state index is 12.3. The fraction of sp³-hybridized carbons (Fsp3) is 0.278. The predicted octanol–water partition coefficient (Wildman–Crippen LogP) is 4.05. The summed E-state index contributed by atoms with van der Waals surface area (Å²) in [7, 11) is 0. The number of amides is 3. The monoisotopic (exact) mass is 452 g/mol. The van der Waals surface area contributed by atoms with Crippen molar-refractivity contribution in [3.05, 3.63) is 51.7 Å². The molecule has 142 valence electrons. The van der Waals surface area contributed by atoms with E-state index >= 15 is 0 Å². The zero-order valence-electron chi connectivity index (χ0n) is 14.3. The highest BCUT2D eigenvalue weighted by atomic mass is 79.9.